The number of nitrogen functional groups attached to an aromatic ring is 1. The van der Waals surface area contributed by atoms with Gasteiger partial charge >= 0.3 is 0 Å². The Morgan fingerprint density at radius 2 is 2.21 bits per heavy atom. The van der Waals surface area contributed by atoms with Gasteiger partial charge in [-0.25, -0.2) is 4.98 Å². The molecule has 2 aromatic heterocycles. The summed E-state index contributed by atoms with van der Waals surface area (Å²) in [7, 11) is 0. The van der Waals surface area contributed by atoms with Crippen LogP contribution in [0.2, 0.25) is 0 Å². The molecule has 5 N–H and O–H groups in total. The van der Waals surface area contributed by atoms with Gasteiger partial charge < -0.3 is 21.1 Å². The van der Waals surface area contributed by atoms with Crippen LogP contribution in [0, 0.1) is 11.8 Å². The summed E-state index contributed by atoms with van der Waals surface area (Å²) in [6, 6.07) is 11.6. The lowest BCUT2D eigenvalue weighted by molar-refractivity contribution is 0.480. The van der Waals surface area contributed by atoms with Gasteiger partial charge in [-0.2, -0.15) is 0 Å². The van der Waals surface area contributed by atoms with Crippen LogP contribution in [0.4, 0.5) is 10.8 Å². The van der Waals surface area contributed by atoms with E-state index in [9.17, 15) is 5.11 Å². The number of nitrogens with zero attached hydrogens (tertiary/aromatic N) is 1. The highest BCUT2D eigenvalue weighted by atomic mass is 32.1. The van der Waals surface area contributed by atoms with Crippen molar-refractivity contribution in [1.82, 2.24) is 9.97 Å². The summed E-state index contributed by atoms with van der Waals surface area (Å²) in [5.74, 6) is 6.23. The van der Waals surface area contributed by atoms with E-state index < -0.39 is 0 Å². The molecule has 0 atom stereocenters. The summed E-state index contributed by atoms with van der Waals surface area (Å²) in [6.45, 7) is 0.502. The summed E-state index contributed by atoms with van der Waals surface area (Å²) in [5.41, 5.74) is 9.03. The number of aromatic nitrogens is 2. The Morgan fingerprint density at radius 1 is 1.29 bits per heavy atom. The van der Waals surface area contributed by atoms with Crippen LogP contribution in [-0.4, -0.2) is 21.6 Å². The molecule has 0 amide bonds. The molecule has 5 nitrogen and oxygen atoms in total. The molecule has 4 rings (SSSR count). The number of anilines is 2. The summed E-state index contributed by atoms with van der Waals surface area (Å²) in [6.07, 6.45) is 1.92. The van der Waals surface area contributed by atoms with Gasteiger partial charge in [0.15, 0.2) is 5.13 Å². The molecule has 2 aromatic carbocycles. The highest BCUT2D eigenvalue weighted by Crippen LogP contribution is 2.31. The van der Waals surface area contributed by atoms with Crippen LogP contribution < -0.4 is 11.1 Å². The van der Waals surface area contributed by atoms with Crippen LogP contribution >= 0.6 is 11.3 Å². The third kappa shape index (κ3) is 2.62. The Hall–Kier alpha value is -3.17. The molecule has 118 valence electrons. The minimum Gasteiger partial charge on any atom is -0.506 e. The quantitative estimate of drug-likeness (QED) is 0.422. The number of nitrogens with two attached hydrogens (primary N) is 1. The van der Waals surface area contributed by atoms with E-state index in [2.05, 4.69) is 33.2 Å². The number of rotatable bonds is 2. The second-order valence-corrected chi connectivity index (χ2v) is 6.36. The number of aromatic amines is 1. The van der Waals surface area contributed by atoms with E-state index in [-0.39, 0.29) is 5.75 Å². The van der Waals surface area contributed by atoms with Crippen LogP contribution in [0.3, 0.4) is 0 Å². The molecular weight excluding hydrogens is 320 g/mol. The molecule has 6 heteroatoms. The lowest BCUT2D eigenvalue weighted by atomic mass is 10.2. The Bertz CT molecular complexity index is 1100. The van der Waals surface area contributed by atoms with Gasteiger partial charge in [-0.1, -0.05) is 35.3 Å². The maximum Gasteiger partial charge on any atom is 0.181 e. The van der Waals surface area contributed by atoms with Gasteiger partial charge in [0.2, 0.25) is 0 Å². The molecule has 0 bridgehead atoms. The van der Waals surface area contributed by atoms with Crippen LogP contribution in [0.1, 0.15) is 5.56 Å². The minimum atomic E-state index is 0.105. The number of aromatic hydroxyl groups is 1. The van der Waals surface area contributed by atoms with E-state index in [1.54, 1.807) is 6.07 Å². The predicted octanol–water partition coefficient (Wildman–Crippen LogP) is 3.53. The third-order valence-electron chi connectivity index (χ3n) is 3.68. The largest absolute Gasteiger partial charge is 0.506 e. The molecule has 0 spiro atoms. The lowest BCUT2D eigenvalue weighted by Gasteiger charge is -2.03. The van der Waals surface area contributed by atoms with Crippen molar-refractivity contribution in [3.8, 4) is 17.6 Å². The van der Waals surface area contributed by atoms with Crippen molar-refractivity contribution in [2.24, 2.45) is 0 Å². The Labute approximate surface area is 142 Å². The number of phenols is 1. The topological polar surface area (TPSA) is 87.0 Å². The van der Waals surface area contributed by atoms with Crippen molar-refractivity contribution in [2.75, 3.05) is 17.6 Å². The smallest absolute Gasteiger partial charge is 0.181 e. The van der Waals surface area contributed by atoms with Crippen molar-refractivity contribution in [3.05, 3.63) is 48.2 Å². The molecule has 0 saturated carbocycles. The van der Waals surface area contributed by atoms with Crippen molar-refractivity contribution >= 4 is 43.3 Å². The number of benzene rings is 2. The maximum absolute atomic E-state index is 10.00. The molecule has 2 heterocycles. The predicted molar refractivity (Wildman–Crippen MR) is 99.4 cm³/mol. The molecule has 4 aromatic rings. The Morgan fingerprint density at radius 3 is 3.12 bits per heavy atom. The van der Waals surface area contributed by atoms with Gasteiger partial charge in [0, 0.05) is 17.1 Å². The molecular formula is C18H14N4OS. The van der Waals surface area contributed by atoms with E-state index in [0.717, 1.165) is 26.9 Å². The summed E-state index contributed by atoms with van der Waals surface area (Å²) < 4.78 is 0.834. The van der Waals surface area contributed by atoms with Crippen LogP contribution in [-0.2, 0) is 0 Å². The number of H-pyrrole nitrogens is 1. The SMILES string of the molecule is Nc1nc2c(O)cc(C#CCNc3cccc4cc[nH]c34)cc2s1. The first-order valence-electron chi connectivity index (χ1n) is 7.38. The van der Waals surface area contributed by atoms with Crippen molar-refractivity contribution in [1.29, 1.82) is 0 Å². The number of fused-ring (bicyclic) bond motifs is 2. The zero-order valence-electron chi connectivity index (χ0n) is 12.6. The highest BCUT2D eigenvalue weighted by Gasteiger charge is 2.07. The van der Waals surface area contributed by atoms with Crippen molar-refractivity contribution in [2.45, 2.75) is 0 Å². The first-order valence-corrected chi connectivity index (χ1v) is 8.20. The molecule has 0 radical (unpaired) electrons. The van der Waals surface area contributed by atoms with E-state index in [0.29, 0.717) is 17.2 Å². The summed E-state index contributed by atoms with van der Waals surface area (Å²) in [5, 5.41) is 14.9. The number of hydrogen-bond donors (Lipinski definition) is 4. The van der Waals surface area contributed by atoms with Gasteiger partial charge in [-0.3, -0.25) is 0 Å². The lowest BCUT2D eigenvalue weighted by Crippen LogP contribution is -1.99. The van der Waals surface area contributed by atoms with Crippen LogP contribution in [0.15, 0.2) is 42.6 Å². The highest BCUT2D eigenvalue weighted by molar-refractivity contribution is 7.22. The number of thiazole rings is 1. The molecule has 0 aliphatic heterocycles. The minimum absolute atomic E-state index is 0.105. The second kappa shape index (κ2) is 5.80. The zero-order valence-corrected chi connectivity index (χ0v) is 13.4. The van der Waals surface area contributed by atoms with E-state index in [1.165, 1.54) is 11.3 Å². The van der Waals surface area contributed by atoms with Gasteiger partial charge in [-0.15, -0.1) is 0 Å². The van der Waals surface area contributed by atoms with E-state index in [4.69, 9.17) is 5.73 Å². The summed E-state index contributed by atoms with van der Waals surface area (Å²) >= 11 is 1.34. The fourth-order valence-electron chi connectivity index (χ4n) is 2.62. The van der Waals surface area contributed by atoms with Crippen molar-refractivity contribution in [3.63, 3.8) is 0 Å². The third-order valence-corrected chi connectivity index (χ3v) is 4.51. The number of hydrogen-bond acceptors (Lipinski definition) is 5. The number of nitrogens with one attached hydrogen (secondary N) is 2. The first kappa shape index (κ1) is 14.4. The molecule has 24 heavy (non-hydrogen) atoms. The van der Waals surface area contributed by atoms with Crippen LogP contribution in [0.5, 0.6) is 5.75 Å². The fraction of sp³-hybridized carbons (Fsp3) is 0.0556. The molecule has 0 saturated heterocycles. The van der Waals surface area contributed by atoms with E-state index >= 15 is 0 Å². The monoisotopic (exact) mass is 334 g/mol. The Balaban J connectivity index is 1.53. The van der Waals surface area contributed by atoms with Crippen molar-refractivity contribution < 1.29 is 5.11 Å². The summed E-state index contributed by atoms with van der Waals surface area (Å²) in [4.78, 5) is 7.31. The average Bonchev–Trinajstić information content (AvgIpc) is 3.18. The molecule has 0 aliphatic rings. The number of para-hydroxylation sites is 1. The second-order valence-electron chi connectivity index (χ2n) is 5.30. The van der Waals surface area contributed by atoms with Gasteiger partial charge in [0.25, 0.3) is 0 Å². The molecule has 0 aliphatic carbocycles. The fourth-order valence-corrected chi connectivity index (χ4v) is 3.41. The van der Waals surface area contributed by atoms with Gasteiger partial charge in [0.05, 0.1) is 22.4 Å². The molecule has 0 fully saturated rings. The average molecular weight is 334 g/mol. The molecule has 0 unspecified atom stereocenters. The van der Waals surface area contributed by atoms with Gasteiger partial charge in [-0.05, 0) is 24.3 Å². The zero-order chi connectivity index (χ0) is 16.5. The Kier molecular flexibility index (Phi) is 3.48. The maximum atomic E-state index is 10.00. The standard InChI is InChI=1S/C18H14N4OS/c19-18-22-17-14(23)9-11(10-15(17)24-18)3-2-7-20-13-5-1-4-12-6-8-21-16(12)13/h1,4-6,8-10,20-21,23H,7H2,(H2,19,22). The normalized spacial score (nSPS) is 10.7. The van der Waals surface area contributed by atoms with Gasteiger partial charge in [0.1, 0.15) is 11.3 Å². The van der Waals surface area contributed by atoms with E-state index in [1.807, 2.05) is 30.5 Å². The van der Waals surface area contributed by atoms with Crippen LogP contribution in [0.25, 0.3) is 21.1 Å². The first-order chi connectivity index (χ1) is 11.7. The number of phenolic OH excluding ortho intramolecular Hbond substituents is 1.